The second-order valence-corrected chi connectivity index (χ2v) is 4.86. The van der Waals surface area contributed by atoms with Crippen LogP contribution in [0.15, 0.2) is 27.8 Å². The third-order valence-electron chi connectivity index (χ3n) is 2.51. The maximum atomic E-state index is 7.38. The lowest BCUT2D eigenvalue weighted by atomic mass is 10.1. The zero-order valence-electron chi connectivity index (χ0n) is 10.2. The Morgan fingerprint density at radius 3 is 2.72 bits per heavy atom. The van der Waals surface area contributed by atoms with E-state index < -0.39 is 0 Å². The number of nitrogens with zero attached hydrogens (tertiary/aromatic N) is 2. The van der Waals surface area contributed by atoms with Crippen LogP contribution in [0.3, 0.4) is 0 Å². The maximum absolute atomic E-state index is 7.38. The summed E-state index contributed by atoms with van der Waals surface area (Å²) in [4.78, 5) is 0. The van der Waals surface area contributed by atoms with E-state index in [4.69, 9.17) is 15.6 Å². The monoisotopic (exact) mass is 262 g/mol. The lowest BCUT2D eigenvalue weighted by molar-refractivity contribution is 0.429. The fraction of sp³-hybridized carbons (Fsp3) is 0.250. The number of benzene rings is 1. The molecule has 18 heavy (non-hydrogen) atoms. The van der Waals surface area contributed by atoms with Crippen LogP contribution in [0.4, 0.5) is 0 Å². The molecule has 1 heterocycles. The number of aryl methyl sites for hydroxylation is 2. The van der Waals surface area contributed by atoms with Crippen molar-refractivity contribution in [3.05, 3.63) is 40.8 Å². The molecule has 0 radical (unpaired) electrons. The molecule has 0 aliphatic heterocycles. The minimum absolute atomic E-state index is 0.0878. The molecule has 0 fully saturated rings. The summed E-state index contributed by atoms with van der Waals surface area (Å²) in [7, 11) is 0. The Hall–Kier alpha value is -1.82. The molecule has 2 rings (SSSR count). The predicted octanol–water partition coefficient (Wildman–Crippen LogP) is 2.26. The number of hydrogen-bond acceptors (Lipinski definition) is 5. The van der Waals surface area contributed by atoms with Crippen LogP contribution in [0.25, 0.3) is 0 Å². The van der Waals surface area contributed by atoms with Crippen LogP contribution in [-0.2, 0) is 5.75 Å². The Morgan fingerprint density at radius 2 is 2.17 bits per heavy atom. The smallest absolute Gasteiger partial charge is 0.276 e. The van der Waals surface area contributed by atoms with Gasteiger partial charge in [-0.1, -0.05) is 23.9 Å². The zero-order chi connectivity index (χ0) is 13.1. The van der Waals surface area contributed by atoms with Gasteiger partial charge in [0.05, 0.1) is 0 Å². The molecule has 6 heteroatoms. The molecule has 0 bridgehead atoms. The van der Waals surface area contributed by atoms with Crippen molar-refractivity contribution >= 4 is 17.6 Å². The number of hydrogen-bond donors (Lipinski definition) is 2. The molecule has 94 valence electrons. The summed E-state index contributed by atoms with van der Waals surface area (Å²) in [5, 5.41) is 15.7. The first-order valence-corrected chi connectivity index (χ1v) is 6.41. The van der Waals surface area contributed by atoms with Gasteiger partial charge in [-0.05, 0) is 24.1 Å². The predicted molar refractivity (Wildman–Crippen MR) is 70.8 cm³/mol. The lowest BCUT2D eigenvalue weighted by Crippen LogP contribution is -2.11. The van der Waals surface area contributed by atoms with E-state index in [1.807, 2.05) is 25.1 Å². The summed E-state index contributed by atoms with van der Waals surface area (Å²) < 4.78 is 5.29. The Kier molecular flexibility index (Phi) is 3.66. The molecule has 0 atom stereocenters. The third-order valence-corrected chi connectivity index (χ3v) is 3.38. The van der Waals surface area contributed by atoms with Crippen molar-refractivity contribution in [3.8, 4) is 0 Å². The number of nitrogens with one attached hydrogen (secondary N) is 1. The van der Waals surface area contributed by atoms with E-state index in [9.17, 15) is 0 Å². The number of rotatable bonds is 4. The summed E-state index contributed by atoms with van der Waals surface area (Å²) in [6.07, 6.45) is 0. The van der Waals surface area contributed by atoms with Crippen LogP contribution in [-0.4, -0.2) is 16.0 Å². The minimum Gasteiger partial charge on any atom is -0.416 e. The largest absolute Gasteiger partial charge is 0.416 e. The van der Waals surface area contributed by atoms with Gasteiger partial charge in [0.1, 0.15) is 5.84 Å². The second-order valence-electron chi connectivity index (χ2n) is 3.93. The Morgan fingerprint density at radius 1 is 1.39 bits per heavy atom. The van der Waals surface area contributed by atoms with Gasteiger partial charge in [0.15, 0.2) is 0 Å². The van der Waals surface area contributed by atoms with Crippen molar-refractivity contribution in [1.29, 1.82) is 5.41 Å². The molecule has 0 saturated heterocycles. The van der Waals surface area contributed by atoms with Crippen LogP contribution in [0.5, 0.6) is 0 Å². The summed E-state index contributed by atoms with van der Waals surface area (Å²) in [5.74, 6) is 1.41. The Balaban J connectivity index is 2.08. The van der Waals surface area contributed by atoms with Crippen LogP contribution in [0.2, 0.25) is 0 Å². The van der Waals surface area contributed by atoms with Gasteiger partial charge in [0, 0.05) is 18.2 Å². The van der Waals surface area contributed by atoms with Crippen molar-refractivity contribution in [2.24, 2.45) is 5.73 Å². The van der Waals surface area contributed by atoms with Gasteiger partial charge >= 0.3 is 0 Å². The minimum atomic E-state index is 0.0878. The highest BCUT2D eigenvalue weighted by Gasteiger charge is 2.06. The maximum Gasteiger partial charge on any atom is 0.276 e. The first-order chi connectivity index (χ1) is 8.56. The highest BCUT2D eigenvalue weighted by molar-refractivity contribution is 7.98. The van der Waals surface area contributed by atoms with Gasteiger partial charge in [0.2, 0.25) is 5.89 Å². The van der Waals surface area contributed by atoms with Crippen molar-refractivity contribution < 1.29 is 4.42 Å². The number of amidine groups is 1. The number of thioether (sulfide) groups is 1. The molecule has 5 nitrogen and oxygen atoms in total. The fourth-order valence-electron chi connectivity index (χ4n) is 1.50. The lowest BCUT2D eigenvalue weighted by Gasteiger charge is -2.06. The van der Waals surface area contributed by atoms with Gasteiger partial charge in [-0.15, -0.1) is 10.2 Å². The van der Waals surface area contributed by atoms with Gasteiger partial charge in [-0.2, -0.15) is 0 Å². The summed E-state index contributed by atoms with van der Waals surface area (Å²) >= 11 is 1.50. The van der Waals surface area contributed by atoms with Crippen molar-refractivity contribution in [3.63, 3.8) is 0 Å². The summed E-state index contributed by atoms with van der Waals surface area (Å²) in [6.45, 7) is 3.77. The molecule has 0 spiro atoms. The average Bonchev–Trinajstić information content (AvgIpc) is 2.73. The molecule has 0 saturated carbocycles. The van der Waals surface area contributed by atoms with Crippen molar-refractivity contribution in [1.82, 2.24) is 10.2 Å². The summed E-state index contributed by atoms with van der Waals surface area (Å²) in [5.41, 5.74) is 8.46. The fourth-order valence-corrected chi connectivity index (χ4v) is 2.38. The Bertz CT molecular complexity index is 579. The van der Waals surface area contributed by atoms with E-state index in [0.717, 1.165) is 16.9 Å². The van der Waals surface area contributed by atoms with E-state index in [1.54, 1.807) is 6.92 Å². The third kappa shape index (κ3) is 2.89. The molecule has 0 aliphatic carbocycles. The van der Waals surface area contributed by atoms with Crippen LogP contribution >= 0.6 is 11.8 Å². The average molecular weight is 262 g/mol. The first kappa shape index (κ1) is 12.6. The normalized spacial score (nSPS) is 10.6. The van der Waals surface area contributed by atoms with Gasteiger partial charge in [-0.25, -0.2) is 0 Å². The molecule has 1 aromatic carbocycles. The van der Waals surface area contributed by atoms with E-state index >= 15 is 0 Å². The summed E-state index contributed by atoms with van der Waals surface area (Å²) in [6, 6.07) is 5.74. The molecule has 1 aromatic heterocycles. The molecule has 0 aliphatic rings. The standard InChI is InChI=1S/C12H14N4OS/c1-7-5-9(11(13)14)3-4-10(7)6-18-12-16-15-8(2)17-12/h3-5H,6H2,1-2H3,(H3,13,14). The van der Waals surface area contributed by atoms with Crippen LogP contribution < -0.4 is 5.73 Å². The molecule has 3 N–H and O–H groups in total. The molecule has 0 unspecified atom stereocenters. The molecular weight excluding hydrogens is 248 g/mol. The SMILES string of the molecule is Cc1nnc(SCc2ccc(C(=N)N)cc2C)o1. The highest BCUT2D eigenvalue weighted by atomic mass is 32.2. The van der Waals surface area contributed by atoms with Gasteiger partial charge in [0.25, 0.3) is 5.22 Å². The molecule has 0 amide bonds. The van der Waals surface area contributed by atoms with E-state index in [-0.39, 0.29) is 5.84 Å². The van der Waals surface area contributed by atoms with Crippen LogP contribution in [0, 0.1) is 19.3 Å². The number of nitrogens with two attached hydrogens (primary N) is 1. The van der Waals surface area contributed by atoms with Crippen molar-refractivity contribution in [2.45, 2.75) is 24.8 Å². The first-order valence-electron chi connectivity index (χ1n) is 5.43. The topological polar surface area (TPSA) is 88.8 Å². The van der Waals surface area contributed by atoms with Gasteiger partial charge < -0.3 is 10.2 Å². The highest BCUT2D eigenvalue weighted by Crippen LogP contribution is 2.23. The second kappa shape index (κ2) is 5.22. The quantitative estimate of drug-likeness (QED) is 0.501. The zero-order valence-corrected chi connectivity index (χ0v) is 11.0. The number of aromatic nitrogens is 2. The van der Waals surface area contributed by atoms with E-state index in [0.29, 0.717) is 11.1 Å². The molecular formula is C12H14N4OS. The van der Waals surface area contributed by atoms with Crippen molar-refractivity contribution in [2.75, 3.05) is 0 Å². The van der Waals surface area contributed by atoms with E-state index in [1.165, 1.54) is 17.3 Å². The Labute approximate surface area is 109 Å². The van der Waals surface area contributed by atoms with E-state index in [2.05, 4.69) is 10.2 Å². The molecule has 2 aromatic rings. The van der Waals surface area contributed by atoms with Crippen LogP contribution in [0.1, 0.15) is 22.6 Å². The van der Waals surface area contributed by atoms with Gasteiger partial charge in [-0.3, -0.25) is 5.41 Å². The number of nitrogen functional groups attached to an aromatic ring is 1.